The Balaban J connectivity index is 1.06. The van der Waals surface area contributed by atoms with Crippen LogP contribution >= 0.6 is 11.3 Å². The fourth-order valence-corrected chi connectivity index (χ4v) is 9.38. The standard InChI is InChI=1S/C51H35N3OS/c1-4-13-32(14-5-1)35-24-26-45-44(30-35)40-25-23-36(31-46(40)55-45)49-52-50(54-51(53-49)43-21-12-20-42-41-19-10-11-22-47(41)56-48(42)43)39-28-37(33-15-6-2-7-16-33)27-38(29-39)34-17-8-3-9-18-34/h1-31,49-50,52H,(H,53,54). The van der Waals surface area contributed by atoms with E-state index in [0.717, 1.165) is 55.6 Å². The fraction of sp³-hybridized carbons (Fsp3) is 0.0392. The second kappa shape index (κ2) is 13.5. The number of furan rings is 1. The summed E-state index contributed by atoms with van der Waals surface area (Å²) < 4.78 is 9.02. The molecule has 2 aromatic heterocycles. The first-order valence-corrected chi connectivity index (χ1v) is 19.8. The molecule has 11 rings (SSSR count). The minimum atomic E-state index is -0.348. The zero-order valence-electron chi connectivity index (χ0n) is 30.3. The molecule has 0 saturated carbocycles. The first-order valence-electron chi connectivity index (χ1n) is 19.0. The third kappa shape index (κ3) is 5.77. The maximum Gasteiger partial charge on any atom is 0.135 e. The summed E-state index contributed by atoms with van der Waals surface area (Å²) in [4.78, 5) is 5.45. The van der Waals surface area contributed by atoms with Crippen LogP contribution in [0.3, 0.4) is 0 Å². The average molecular weight is 738 g/mol. The van der Waals surface area contributed by atoms with Crippen LogP contribution in [-0.4, -0.2) is 5.84 Å². The van der Waals surface area contributed by atoms with Crippen molar-refractivity contribution >= 4 is 59.3 Å². The summed E-state index contributed by atoms with van der Waals surface area (Å²) in [6, 6.07) is 66.9. The van der Waals surface area contributed by atoms with E-state index >= 15 is 0 Å². The summed E-state index contributed by atoms with van der Waals surface area (Å²) in [5.74, 6) is 0.861. The molecule has 10 aromatic rings. The summed E-state index contributed by atoms with van der Waals surface area (Å²) in [5.41, 5.74) is 12.0. The lowest BCUT2D eigenvalue weighted by Crippen LogP contribution is -2.45. The number of aliphatic imine (C=N–C) groups is 1. The van der Waals surface area contributed by atoms with Crippen molar-refractivity contribution < 1.29 is 4.42 Å². The van der Waals surface area contributed by atoms with Gasteiger partial charge in [-0.3, -0.25) is 5.32 Å². The number of nitrogens with one attached hydrogen (secondary N) is 2. The summed E-state index contributed by atoms with van der Waals surface area (Å²) in [6.07, 6.45) is -0.595. The second-order valence-corrected chi connectivity index (χ2v) is 15.5. The third-order valence-electron chi connectivity index (χ3n) is 10.9. The van der Waals surface area contributed by atoms with E-state index in [4.69, 9.17) is 9.41 Å². The SMILES string of the molecule is c1ccc(-c2cc(-c3ccccc3)cc(C3NC(c4cccc5c4sc4ccccc45)=NC(c4ccc5c(c4)oc4ccc(-c6ccccc6)cc45)N3)c2)cc1. The molecule has 1 aliphatic rings. The van der Waals surface area contributed by atoms with Crippen LogP contribution in [-0.2, 0) is 0 Å². The van der Waals surface area contributed by atoms with E-state index in [1.54, 1.807) is 0 Å². The van der Waals surface area contributed by atoms with Crippen LogP contribution in [0.1, 0.15) is 29.0 Å². The molecule has 0 spiro atoms. The van der Waals surface area contributed by atoms with Crippen LogP contribution in [0.5, 0.6) is 0 Å². The van der Waals surface area contributed by atoms with E-state index in [1.165, 1.54) is 42.4 Å². The Morgan fingerprint density at radius 1 is 0.446 bits per heavy atom. The Morgan fingerprint density at radius 2 is 1.11 bits per heavy atom. The van der Waals surface area contributed by atoms with Gasteiger partial charge in [-0.2, -0.15) is 0 Å². The minimum Gasteiger partial charge on any atom is -0.456 e. The van der Waals surface area contributed by atoms with Crippen LogP contribution in [0, 0.1) is 0 Å². The van der Waals surface area contributed by atoms with E-state index in [0.29, 0.717) is 0 Å². The molecule has 0 fully saturated rings. The Kier molecular flexibility index (Phi) is 7.87. The lowest BCUT2D eigenvalue weighted by atomic mass is 9.94. The molecule has 56 heavy (non-hydrogen) atoms. The molecule has 0 saturated heterocycles. The summed E-state index contributed by atoms with van der Waals surface area (Å²) in [6.45, 7) is 0. The first-order chi connectivity index (χ1) is 27.7. The van der Waals surface area contributed by atoms with Crippen molar-refractivity contribution in [1.29, 1.82) is 0 Å². The van der Waals surface area contributed by atoms with E-state index < -0.39 is 0 Å². The maximum atomic E-state index is 6.53. The predicted octanol–water partition coefficient (Wildman–Crippen LogP) is 13.3. The molecule has 5 heteroatoms. The zero-order valence-corrected chi connectivity index (χ0v) is 31.1. The van der Waals surface area contributed by atoms with Crippen molar-refractivity contribution in [3.63, 3.8) is 0 Å². The fourth-order valence-electron chi connectivity index (χ4n) is 8.16. The summed E-state index contributed by atoms with van der Waals surface area (Å²) in [5, 5.41) is 12.5. The van der Waals surface area contributed by atoms with Gasteiger partial charge in [-0.1, -0.05) is 140 Å². The van der Waals surface area contributed by atoms with Gasteiger partial charge in [0.2, 0.25) is 0 Å². The smallest absolute Gasteiger partial charge is 0.135 e. The molecule has 8 aromatic carbocycles. The van der Waals surface area contributed by atoms with Crippen LogP contribution in [0.25, 0.3) is 75.5 Å². The molecule has 3 heterocycles. The van der Waals surface area contributed by atoms with Crippen LogP contribution in [0.4, 0.5) is 0 Å². The highest BCUT2D eigenvalue weighted by atomic mass is 32.1. The number of fused-ring (bicyclic) bond motifs is 6. The Hall–Kier alpha value is -6.79. The van der Waals surface area contributed by atoms with E-state index in [2.05, 4.69) is 199 Å². The van der Waals surface area contributed by atoms with E-state index in [1.807, 2.05) is 11.3 Å². The number of amidine groups is 1. The molecule has 0 aliphatic carbocycles. The lowest BCUT2D eigenvalue weighted by molar-refractivity contribution is 0.409. The molecule has 2 atom stereocenters. The molecular weight excluding hydrogens is 703 g/mol. The molecular formula is C51H35N3OS. The highest BCUT2D eigenvalue weighted by Crippen LogP contribution is 2.39. The van der Waals surface area contributed by atoms with Crippen LogP contribution < -0.4 is 10.6 Å². The van der Waals surface area contributed by atoms with Crippen molar-refractivity contribution in [2.75, 3.05) is 0 Å². The van der Waals surface area contributed by atoms with Crippen molar-refractivity contribution in [1.82, 2.24) is 10.6 Å². The first kappa shape index (κ1) is 32.6. The van der Waals surface area contributed by atoms with Gasteiger partial charge in [-0.05, 0) is 93.0 Å². The van der Waals surface area contributed by atoms with E-state index in [-0.39, 0.29) is 12.3 Å². The molecule has 4 nitrogen and oxygen atoms in total. The average Bonchev–Trinajstić information content (AvgIpc) is 3.85. The number of nitrogens with zero attached hydrogens (tertiary/aromatic N) is 1. The van der Waals surface area contributed by atoms with Crippen LogP contribution in [0.15, 0.2) is 197 Å². The van der Waals surface area contributed by atoms with Gasteiger partial charge >= 0.3 is 0 Å². The number of thiophene rings is 1. The highest BCUT2D eigenvalue weighted by Gasteiger charge is 2.28. The maximum absolute atomic E-state index is 6.53. The molecule has 0 bridgehead atoms. The van der Waals surface area contributed by atoms with Gasteiger partial charge in [-0.25, -0.2) is 4.99 Å². The largest absolute Gasteiger partial charge is 0.456 e. The Bertz CT molecular complexity index is 3040. The number of rotatable bonds is 6. The number of hydrogen-bond acceptors (Lipinski definition) is 5. The Morgan fingerprint density at radius 3 is 1.84 bits per heavy atom. The quantitative estimate of drug-likeness (QED) is 0.179. The van der Waals surface area contributed by atoms with E-state index in [9.17, 15) is 0 Å². The summed E-state index contributed by atoms with van der Waals surface area (Å²) in [7, 11) is 0. The monoisotopic (exact) mass is 737 g/mol. The number of benzene rings is 8. The summed E-state index contributed by atoms with van der Waals surface area (Å²) >= 11 is 1.82. The third-order valence-corrected chi connectivity index (χ3v) is 12.2. The van der Waals surface area contributed by atoms with Gasteiger partial charge in [0.15, 0.2) is 0 Å². The molecule has 266 valence electrons. The van der Waals surface area contributed by atoms with Crippen LogP contribution in [0.2, 0.25) is 0 Å². The van der Waals surface area contributed by atoms with Gasteiger partial charge in [-0.15, -0.1) is 11.3 Å². The number of hydrogen-bond donors (Lipinski definition) is 2. The van der Waals surface area contributed by atoms with Crippen molar-refractivity contribution in [2.24, 2.45) is 4.99 Å². The predicted molar refractivity (Wildman–Crippen MR) is 234 cm³/mol. The van der Waals surface area contributed by atoms with Crippen molar-refractivity contribution in [3.05, 3.63) is 205 Å². The van der Waals surface area contributed by atoms with Gasteiger partial charge < -0.3 is 9.73 Å². The minimum absolute atomic E-state index is 0.247. The molecule has 2 N–H and O–H groups in total. The van der Waals surface area contributed by atoms with Gasteiger partial charge in [0, 0.05) is 36.5 Å². The lowest BCUT2D eigenvalue weighted by Gasteiger charge is -2.33. The molecule has 1 aliphatic heterocycles. The van der Waals surface area contributed by atoms with Gasteiger partial charge in [0.1, 0.15) is 29.3 Å². The molecule has 2 unspecified atom stereocenters. The van der Waals surface area contributed by atoms with Crippen molar-refractivity contribution in [3.8, 4) is 33.4 Å². The highest BCUT2D eigenvalue weighted by molar-refractivity contribution is 7.26. The second-order valence-electron chi connectivity index (χ2n) is 14.4. The Labute approximate surface area is 328 Å². The topological polar surface area (TPSA) is 49.6 Å². The van der Waals surface area contributed by atoms with Gasteiger partial charge in [0.05, 0.1) is 0 Å². The molecule has 0 amide bonds. The molecule has 0 radical (unpaired) electrons. The normalized spacial score (nSPS) is 15.7. The zero-order chi connectivity index (χ0) is 37.0. The van der Waals surface area contributed by atoms with Gasteiger partial charge in [0.25, 0.3) is 0 Å². The van der Waals surface area contributed by atoms with Crippen molar-refractivity contribution in [2.45, 2.75) is 12.3 Å².